The maximum atomic E-state index is 6.24. The van der Waals surface area contributed by atoms with Gasteiger partial charge in [-0.2, -0.15) is 0 Å². The number of rotatable bonds is 5. The maximum Gasteiger partial charge on any atom is 0.164 e. The monoisotopic (exact) mass is 653 g/mol. The minimum absolute atomic E-state index is 0.389. The summed E-state index contributed by atoms with van der Waals surface area (Å²) in [6, 6.07) is 46.4. The minimum Gasteiger partial charge on any atom is -0.456 e. The highest BCUT2D eigenvalue weighted by Crippen LogP contribution is 2.35. The molecule has 0 spiro atoms. The smallest absolute Gasteiger partial charge is 0.164 e. The van der Waals surface area contributed by atoms with Crippen LogP contribution in [0, 0.1) is 11.8 Å². The van der Waals surface area contributed by atoms with Gasteiger partial charge >= 0.3 is 0 Å². The van der Waals surface area contributed by atoms with Crippen molar-refractivity contribution in [2.45, 2.75) is 0 Å². The summed E-state index contributed by atoms with van der Waals surface area (Å²) in [6.07, 6.45) is 15.7. The number of aromatic nitrogens is 3. The maximum absolute atomic E-state index is 6.24. The lowest BCUT2D eigenvalue weighted by molar-refractivity contribution is 0.663. The van der Waals surface area contributed by atoms with Crippen molar-refractivity contribution in [1.29, 1.82) is 0 Å². The molecule has 0 aliphatic heterocycles. The second kappa shape index (κ2) is 12.0. The number of fused-ring (bicyclic) bond motifs is 5. The van der Waals surface area contributed by atoms with Crippen LogP contribution in [0.1, 0.15) is 5.56 Å². The fraction of sp³-hybridized carbons (Fsp3) is 0.0426. The van der Waals surface area contributed by atoms with E-state index >= 15 is 0 Å². The Bertz CT molecular complexity index is 2750. The summed E-state index contributed by atoms with van der Waals surface area (Å²) >= 11 is 0. The Morgan fingerprint density at radius 1 is 0.412 bits per heavy atom. The van der Waals surface area contributed by atoms with Gasteiger partial charge in [0.15, 0.2) is 17.5 Å². The Balaban J connectivity index is 1.04. The molecule has 240 valence electrons. The van der Waals surface area contributed by atoms with Crippen molar-refractivity contribution in [3.05, 3.63) is 182 Å². The zero-order valence-corrected chi connectivity index (χ0v) is 27.6. The highest BCUT2D eigenvalue weighted by atomic mass is 16.3. The number of para-hydroxylation sites is 1. The van der Waals surface area contributed by atoms with Crippen LogP contribution in [-0.2, 0) is 0 Å². The molecule has 6 aromatic carbocycles. The van der Waals surface area contributed by atoms with E-state index in [1.165, 1.54) is 27.5 Å². The molecule has 8 aromatic rings. The van der Waals surface area contributed by atoms with Gasteiger partial charge in [-0.05, 0) is 57.3 Å². The summed E-state index contributed by atoms with van der Waals surface area (Å²) in [4.78, 5) is 15.1. The molecule has 0 radical (unpaired) electrons. The van der Waals surface area contributed by atoms with Gasteiger partial charge in [0.2, 0.25) is 0 Å². The molecule has 0 fully saturated rings. The average molecular weight is 654 g/mol. The van der Waals surface area contributed by atoms with Gasteiger partial charge in [-0.1, -0.05) is 152 Å². The van der Waals surface area contributed by atoms with Crippen LogP contribution >= 0.6 is 0 Å². The standard InChI is InChI=1S/C47H31N3O/c1-3-9-36-27-38(23-17-30(36)7-1)32-13-19-34(20-14-32)45-48-46(35-21-15-33(16-22-35)39-24-18-31-8-2-4-10-37(31)28-39)50-47(49-45)40-25-26-42-41-11-5-6-12-43(41)51-44(42)29-40/h1-30,36H. The molecule has 0 saturated carbocycles. The molecule has 0 N–H and O–H groups in total. The van der Waals surface area contributed by atoms with Gasteiger partial charge in [0, 0.05) is 39.3 Å². The number of hydrogen-bond donors (Lipinski definition) is 0. The third-order valence-corrected chi connectivity index (χ3v) is 10.1. The molecule has 0 saturated heterocycles. The molecule has 2 aliphatic carbocycles. The first-order valence-electron chi connectivity index (χ1n) is 17.4. The zero-order valence-electron chi connectivity index (χ0n) is 27.6. The Hall–Kier alpha value is -6.65. The quantitative estimate of drug-likeness (QED) is 0.185. The van der Waals surface area contributed by atoms with Crippen molar-refractivity contribution in [1.82, 2.24) is 15.0 Å². The van der Waals surface area contributed by atoms with Crippen LogP contribution in [0.5, 0.6) is 0 Å². The molecular formula is C47H31N3O. The molecule has 0 bridgehead atoms. The fourth-order valence-corrected chi connectivity index (χ4v) is 7.29. The number of nitrogens with zero attached hydrogens (tertiary/aromatic N) is 3. The van der Waals surface area contributed by atoms with E-state index in [1.807, 2.05) is 24.3 Å². The molecule has 4 heteroatoms. The number of benzene rings is 6. The summed E-state index contributed by atoms with van der Waals surface area (Å²) in [5.74, 6) is 2.66. The molecule has 10 rings (SSSR count). The van der Waals surface area contributed by atoms with E-state index in [1.54, 1.807) is 0 Å². The molecule has 4 nitrogen and oxygen atoms in total. The van der Waals surface area contributed by atoms with Crippen molar-refractivity contribution < 1.29 is 4.42 Å². The Labute approximate surface area is 295 Å². The average Bonchev–Trinajstić information content (AvgIpc) is 3.58. The van der Waals surface area contributed by atoms with Crippen molar-refractivity contribution in [2.24, 2.45) is 11.8 Å². The van der Waals surface area contributed by atoms with Crippen molar-refractivity contribution in [2.75, 3.05) is 0 Å². The van der Waals surface area contributed by atoms with Crippen LogP contribution in [0.15, 0.2) is 180 Å². The van der Waals surface area contributed by atoms with Gasteiger partial charge in [0.25, 0.3) is 0 Å². The summed E-state index contributed by atoms with van der Waals surface area (Å²) in [5.41, 5.74) is 9.11. The van der Waals surface area contributed by atoms with Gasteiger partial charge in [-0.25, -0.2) is 15.0 Å². The summed E-state index contributed by atoms with van der Waals surface area (Å²) < 4.78 is 6.24. The molecule has 2 unspecified atom stereocenters. The van der Waals surface area contributed by atoms with Crippen LogP contribution in [0.2, 0.25) is 0 Å². The summed E-state index contributed by atoms with van der Waals surface area (Å²) in [7, 11) is 0. The van der Waals surface area contributed by atoms with E-state index in [4.69, 9.17) is 19.4 Å². The number of hydrogen-bond acceptors (Lipinski definition) is 4. The predicted molar refractivity (Wildman–Crippen MR) is 209 cm³/mol. The zero-order chi connectivity index (χ0) is 33.7. The molecular weight excluding hydrogens is 623 g/mol. The van der Waals surface area contributed by atoms with E-state index in [2.05, 4.69) is 152 Å². The molecule has 2 atom stereocenters. The van der Waals surface area contributed by atoms with Gasteiger partial charge in [-0.15, -0.1) is 0 Å². The van der Waals surface area contributed by atoms with Crippen LogP contribution in [0.3, 0.4) is 0 Å². The van der Waals surface area contributed by atoms with E-state index in [-0.39, 0.29) is 0 Å². The Kier molecular flexibility index (Phi) is 6.91. The van der Waals surface area contributed by atoms with Gasteiger partial charge < -0.3 is 4.42 Å². The lowest BCUT2D eigenvalue weighted by atomic mass is 9.81. The van der Waals surface area contributed by atoms with Gasteiger partial charge in [0.1, 0.15) is 11.2 Å². The van der Waals surface area contributed by atoms with Crippen molar-refractivity contribution in [3.8, 4) is 45.3 Å². The molecule has 2 aromatic heterocycles. The number of furan rings is 1. The summed E-state index contributed by atoms with van der Waals surface area (Å²) in [5, 5.41) is 4.62. The van der Waals surface area contributed by atoms with Crippen LogP contribution < -0.4 is 0 Å². The van der Waals surface area contributed by atoms with Crippen molar-refractivity contribution >= 4 is 38.3 Å². The van der Waals surface area contributed by atoms with Crippen LogP contribution in [-0.4, -0.2) is 15.0 Å². The lowest BCUT2D eigenvalue weighted by Gasteiger charge is -2.23. The van der Waals surface area contributed by atoms with Gasteiger partial charge in [0.05, 0.1) is 0 Å². The molecule has 2 aliphatic rings. The number of allylic oxidation sites excluding steroid dienone is 8. The van der Waals surface area contributed by atoms with E-state index < -0.39 is 0 Å². The third-order valence-electron chi connectivity index (χ3n) is 10.1. The molecule has 0 amide bonds. The largest absolute Gasteiger partial charge is 0.456 e. The van der Waals surface area contributed by atoms with Crippen LogP contribution in [0.25, 0.3) is 83.6 Å². The van der Waals surface area contributed by atoms with E-state index in [9.17, 15) is 0 Å². The second-order valence-corrected chi connectivity index (χ2v) is 13.2. The minimum atomic E-state index is 0.389. The Morgan fingerprint density at radius 2 is 1.00 bits per heavy atom. The highest BCUT2D eigenvalue weighted by molar-refractivity contribution is 6.05. The molecule has 2 heterocycles. The first kappa shape index (κ1) is 29.3. The normalized spacial score (nSPS) is 16.5. The van der Waals surface area contributed by atoms with Crippen LogP contribution in [0.4, 0.5) is 0 Å². The highest BCUT2D eigenvalue weighted by Gasteiger charge is 2.19. The predicted octanol–water partition coefficient (Wildman–Crippen LogP) is 11.9. The lowest BCUT2D eigenvalue weighted by Crippen LogP contribution is -2.11. The van der Waals surface area contributed by atoms with E-state index in [0.717, 1.165) is 44.2 Å². The third kappa shape index (κ3) is 5.38. The van der Waals surface area contributed by atoms with E-state index in [0.29, 0.717) is 29.3 Å². The Morgan fingerprint density at radius 3 is 1.78 bits per heavy atom. The first-order chi connectivity index (χ1) is 25.2. The molecule has 51 heavy (non-hydrogen) atoms. The summed E-state index contributed by atoms with van der Waals surface area (Å²) in [6.45, 7) is 0. The SMILES string of the molecule is C1=CC2C=CC(c3ccc(-c4nc(-c5ccc(-c6ccc7ccccc7c6)cc5)nc(-c5ccc6c(c5)oc5ccccc56)n4)cc3)=CC2C=C1. The fourth-order valence-electron chi connectivity index (χ4n) is 7.29. The van der Waals surface area contributed by atoms with Crippen molar-refractivity contribution in [3.63, 3.8) is 0 Å². The first-order valence-corrected chi connectivity index (χ1v) is 17.4. The van der Waals surface area contributed by atoms with Gasteiger partial charge in [-0.3, -0.25) is 0 Å². The second-order valence-electron chi connectivity index (χ2n) is 13.2. The topological polar surface area (TPSA) is 51.8 Å².